The zero-order valence-electron chi connectivity index (χ0n) is 45.5. The molecule has 2 rings (SSSR count). The van der Waals surface area contributed by atoms with Crippen LogP contribution in [-0.4, -0.2) is 64.2 Å². The van der Waals surface area contributed by atoms with Crippen LogP contribution in [0.25, 0.3) is 0 Å². The van der Waals surface area contributed by atoms with Crippen LogP contribution < -0.4 is 0 Å². The average molecular weight is 949 g/mol. The summed E-state index contributed by atoms with van der Waals surface area (Å²) in [6, 6.07) is 0. The van der Waals surface area contributed by atoms with Crippen molar-refractivity contribution < 1.29 is 34.3 Å². The summed E-state index contributed by atoms with van der Waals surface area (Å²) in [5.74, 6) is 1.90. The number of aliphatic hydroxyl groups excluding tert-OH is 3. The van der Waals surface area contributed by atoms with Crippen molar-refractivity contribution in [3.8, 4) is 0 Å². The molecule has 1 fully saturated rings. The van der Waals surface area contributed by atoms with E-state index in [2.05, 4.69) is 129 Å². The van der Waals surface area contributed by atoms with Crippen molar-refractivity contribution >= 4 is 5.97 Å². The third-order valence-corrected chi connectivity index (χ3v) is 14.2. The van der Waals surface area contributed by atoms with E-state index in [9.17, 15) is 20.1 Å². The minimum Gasteiger partial charge on any atom is -0.463 e. The Morgan fingerprint density at radius 2 is 1.46 bits per heavy atom. The van der Waals surface area contributed by atoms with Crippen LogP contribution in [0.1, 0.15) is 224 Å². The predicted molar refractivity (Wildman–Crippen MR) is 287 cm³/mol. The van der Waals surface area contributed by atoms with Crippen LogP contribution in [0.4, 0.5) is 0 Å². The molecular weight excluding hydrogens is 845 g/mol. The number of hydrogen-bond acceptors (Lipinski definition) is 7. The summed E-state index contributed by atoms with van der Waals surface area (Å²) in [4.78, 5) is 12.5. The maximum absolute atomic E-state index is 12.5. The highest BCUT2D eigenvalue weighted by Gasteiger charge is 2.46. The molecule has 1 aliphatic heterocycles. The molecule has 0 spiro atoms. The standard InChI is InChI=1S/C61H104O7/c1-12-13-14-15-16-17-18-19-20-21-22-23-41-55(62)66-46-54-56(63)57(64)58(65)59(67-54)68-61(10,11)45-29-39-50(5)37-27-36-49(4)35-26-33-47(2)31-24-25-32-48(3)34-28-38-51(6)42-43-53-52(7)40-30-44-60(53,8)9/h24,26-27,30-31,35-37,40,42-43,47-49,51,54,56-59,63-65H,12-23,25,28-29,32-34,38-39,41,44-46H2,1-11H3/b31-24+,35-26+,36-27+,43-42+,50-37+/t47?,48?,49?,51?,54-,56-,57+,58-,59-/m1/s1. The van der Waals surface area contributed by atoms with Crippen molar-refractivity contribution in [1.82, 2.24) is 0 Å². The van der Waals surface area contributed by atoms with Gasteiger partial charge in [-0.25, -0.2) is 0 Å². The summed E-state index contributed by atoms with van der Waals surface area (Å²) in [6.45, 7) is 24.3. The van der Waals surface area contributed by atoms with Crippen LogP contribution in [0.2, 0.25) is 0 Å². The molecule has 0 saturated carbocycles. The second kappa shape index (κ2) is 34.7. The second-order valence-electron chi connectivity index (χ2n) is 22.4. The summed E-state index contributed by atoms with van der Waals surface area (Å²) in [7, 11) is 0. The predicted octanol–water partition coefficient (Wildman–Crippen LogP) is 15.8. The highest BCUT2D eigenvalue weighted by atomic mass is 16.7. The fourth-order valence-electron chi connectivity index (χ4n) is 9.42. The van der Waals surface area contributed by atoms with E-state index in [1.165, 1.54) is 100 Å². The third kappa shape index (κ3) is 27.2. The molecule has 390 valence electrons. The molecule has 0 radical (unpaired) electrons. The van der Waals surface area contributed by atoms with E-state index in [1.54, 1.807) is 0 Å². The molecule has 68 heavy (non-hydrogen) atoms. The number of esters is 1. The van der Waals surface area contributed by atoms with E-state index >= 15 is 0 Å². The molecule has 0 amide bonds. The van der Waals surface area contributed by atoms with Gasteiger partial charge < -0.3 is 29.5 Å². The molecule has 1 heterocycles. The fourth-order valence-corrected chi connectivity index (χ4v) is 9.42. The van der Waals surface area contributed by atoms with Crippen LogP contribution in [0.3, 0.4) is 0 Å². The SMILES string of the molecule is CCCCCCCCCCCCCCC(=O)OC[C@H]1O[C@H](OC(C)(C)CCC/C(C)=C/C=C/C(C)/C=C/CC(C)/C=C/CCC(C)CCCC(C)/C=C/C2=C(C)C=CCC2(C)C)[C@H](O)[C@@H](O)[C@@H]1O. The van der Waals surface area contributed by atoms with Gasteiger partial charge in [-0.1, -0.05) is 204 Å². The van der Waals surface area contributed by atoms with E-state index in [-0.39, 0.29) is 18.0 Å². The molecule has 7 nitrogen and oxygen atoms in total. The lowest BCUT2D eigenvalue weighted by Crippen LogP contribution is -2.60. The molecule has 3 N–H and O–H groups in total. The summed E-state index contributed by atoms with van der Waals surface area (Å²) in [6.07, 6.45) is 44.7. The number of allylic oxidation sites excluding steroid dienone is 14. The monoisotopic (exact) mass is 949 g/mol. The Kier molecular flexibility index (Phi) is 31.4. The van der Waals surface area contributed by atoms with E-state index in [1.807, 2.05) is 13.8 Å². The normalized spacial score (nSPS) is 23.4. The first kappa shape index (κ1) is 61.6. The van der Waals surface area contributed by atoms with Crippen molar-refractivity contribution in [2.75, 3.05) is 6.61 Å². The van der Waals surface area contributed by atoms with Crippen LogP contribution in [0.5, 0.6) is 0 Å². The molecule has 0 bridgehead atoms. The molecule has 0 aromatic carbocycles. The molecule has 4 unspecified atom stereocenters. The minimum absolute atomic E-state index is 0.208. The second-order valence-corrected chi connectivity index (χ2v) is 22.4. The van der Waals surface area contributed by atoms with Crippen molar-refractivity contribution in [3.05, 3.63) is 83.6 Å². The summed E-state index contributed by atoms with van der Waals surface area (Å²) < 4.78 is 17.5. The van der Waals surface area contributed by atoms with E-state index in [0.29, 0.717) is 30.6 Å². The number of rotatable bonds is 36. The van der Waals surface area contributed by atoms with Gasteiger partial charge >= 0.3 is 5.97 Å². The minimum atomic E-state index is -1.48. The molecule has 0 aromatic heterocycles. The maximum atomic E-state index is 12.5. The first-order valence-corrected chi connectivity index (χ1v) is 27.6. The zero-order chi connectivity index (χ0) is 50.4. The Hall–Kier alpha value is -2.55. The molecule has 7 heteroatoms. The Bertz CT molecular complexity index is 1580. The van der Waals surface area contributed by atoms with Gasteiger partial charge in [-0.15, -0.1) is 0 Å². The first-order valence-electron chi connectivity index (χ1n) is 27.6. The number of hydrogen-bond donors (Lipinski definition) is 3. The topological polar surface area (TPSA) is 105 Å². The number of ether oxygens (including phenoxy) is 3. The maximum Gasteiger partial charge on any atom is 0.305 e. The molecule has 0 aromatic rings. The van der Waals surface area contributed by atoms with Gasteiger partial charge in [-0.3, -0.25) is 4.79 Å². The number of carbonyl (C=O) groups excluding carboxylic acids is 1. The zero-order valence-corrected chi connectivity index (χ0v) is 45.5. The van der Waals surface area contributed by atoms with E-state index in [4.69, 9.17) is 14.2 Å². The highest BCUT2D eigenvalue weighted by Crippen LogP contribution is 2.38. The highest BCUT2D eigenvalue weighted by molar-refractivity contribution is 5.69. The van der Waals surface area contributed by atoms with Crippen LogP contribution >= 0.6 is 0 Å². The van der Waals surface area contributed by atoms with Gasteiger partial charge in [-0.05, 0) is 126 Å². The van der Waals surface area contributed by atoms with E-state index < -0.39 is 36.3 Å². The van der Waals surface area contributed by atoms with Gasteiger partial charge in [0, 0.05) is 6.42 Å². The summed E-state index contributed by atoms with van der Waals surface area (Å²) >= 11 is 0. The third-order valence-electron chi connectivity index (χ3n) is 14.2. The van der Waals surface area contributed by atoms with Gasteiger partial charge in [0.25, 0.3) is 0 Å². The number of unbranched alkanes of at least 4 members (excludes halogenated alkanes) is 11. The molecule has 2 aliphatic rings. The molecule has 1 aliphatic carbocycles. The van der Waals surface area contributed by atoms with Crippen molar-refractivity contribution in [3.63, 3.8) is 0 Å². The Balaban J connectivity index is 1.61. The Labute approximate surface area is 418 Å². The smallest absolute Gasteiger partial charge is 0.305 e. The van der Waals surface area contributed by atoms with Crippen LogP contribution in [0, 0.1) is 29.1 Å². The van der Waals surface area contributed by atoms with Crippen molar-refractivity contribution in [2.45, 2.75) is 260 Å². The van der Waals surface area contributed by atoms with Gasteiger partial charge in [0.2, 0.25) is 0 Å². The Morgan fingerprint density at radius 3 is 2.12 bits per heavy atom. The summed E-state index contributed by atoms with van der Waals surface area (Å²) in [5, 5.41) is 32.0. The average Bonchev–Trinajstić information content (AvgIpc) is 3.27. The Morgan fingerprint density at radius 1 is 0.794 bits per heavy atom. The van der Waals surface area contributed by atoms with Crippen LogP contribution in [-0.2, 0) is 19.0 Å². The molecule has 9 atom stereocenters. The van der Waals surface area contributed by atoms with Crippen molar-refractivity contribution in [1.29, 1.82) is 0 Å². The molecule has 1 saturated heterocycles. The summed E-state index contributed by atoms with van der Waals surface area (Å²) in [5.41, 5.74) is 3.75. The quantitative estimate of drug-likeness (QED) is 0.0249. The van der Waals surface area contributed by atoms with Crippen molar-refractivity contribution in [2.24, 2.45) is 29.1 Å². The van der Waals surface area contributed by atoms with Gasteiger partial charge in [-0.2, -0.15) is 0 Å². The van der Waals surface area contributed by atoms with Gasteiger partial charge in [0.15, 0.2) is 6.29 Å². The van der Waals surface area contributed by atoms with Crippen LogP contribution in [0.15, 0.2) is 83.6 Å². The van der Waals surface area contributed by atoms with Gasteiger partial charge in [0.1, 0.15) is 31.0 Å². The fraction of sp³-hybridized carbons (Fsp3) is 0.754. The lowest BCUT2D eigenvalue weighted by Gasteiger charge is -2.42. The van der Waals surface area contributed by atoms with E-state index in [0.717, 1.165) is 57.3 Å². The first-order chi connectivity index (χ1) is 32.3. The number of carbonyl (C=O) groups is 1. The largest absolute Gasteiger partial charge is 0.463 e. The number of aliphatic hydroxyl groups is 3. The lowest BCUT2D eigenvalue weighted by molar-refractivity contribution is -0.324. The lowest BCUT2D eigenvalue weighted by atomic mass is 9.75. The van der Waals surface area contributed by atoms with Gasteiger partial charge in [0.05, 0.1) is 5.60 Å². The molecular formula is C61H104O7.